The number of aryl methyl sites for hydroxylation is 1. The molecule has 3 aromatic heterocycles. The summed E-state index contributed by atoms with van der Waals surface area (Å²) in [5.41, 5.74) is 6.19. The van der Waals surface area contributed by atoms with Gasteiger partial charge in [-0.1, -0.05) is 0 Å². The Kier molecular flexibility index (Phi) is 5.47. The second-order valence-corrected chi connectivity index (χ2v) is 6.93. The maximum atomic E-state index is 12.7. The molecule has 0 aliphatic heterocycles. The Hall–Kier alpha value is -2.85. The Balaban J connectivity index is 1.80. The van der Waals surface area contributed by atoms with E-state index in [2.05, 4.69) is 5.10 Å². The van der Waals surface area contributed by atoms with Crippen molar-refractivity contribution in [1.82, 2.24) is 18.9 Å². The molecule has 0 spiro atoms. The fourth-order valence-electron chi connectivity index (χ4n) is 2.52. The first-order chi connectivity index (χ1) is 12.9. The smallest absolute Gasteiger partial charge is 0.327 e. The number of halogens is 2. The molecule has 2 N–H and O–H groups in total. The molecular formula is C17H17F2N5O2S. The Bertz CT molecular complexity index is 1100. The summed E-state index contributed by atoms with van der Waals surface area (Å²) in [6.07, 6.45) is 1.17. The minimum Gasteiger partial charge on any atom is -0.327 e. The highest BCUT2D eigenvalue weighted by Gasteiger charge is 2.12. The largest absolute Gasteiger partial charge is 0.346 e. The lowest BCUT2D eigenvalue weighted by atomic mass is 10.1. The Morgan fingerprint density at radius 1 is 1.26 bits per heavy atom. The Morgan fingerprint density at radius 3 is 2.70 bits per heavy atom. The third-order valence-electron chi connectivity index (χ3n) is 4.05. The van der Waals surface area contributed by atoms with Crippen molar-refractivity contribution in [2.45, 2.75) is 13.1 Å². The molecule has 3 aromatic rings. The monoisotopic (exact) mass is 393 g/mol. The summed E-state index contributed by atoms with van der Waals surface area (Å²) in [7, 11) is 1.68. The van der Waals surface area contributed by atoms with Crippen molar-refractivity contribution < 1.29 is 8.78 Å². The Labute approximate surface area is 156 Å². The van der Waals surface area contributed by atoms with Crippen LogP contribution in [-0.2, 0) is 20.1 Å². The highest BCUT2D eigenvalue weighted by Crippen LogP contribution is 2.25. The quantitative estimate of drug-likeness (QED) is 0.690. The zero-order valence-corrected chi connectivity index (χ0v) is 15.2. The van der Waals surface area contributed by atoms with E-state index < -0.39 is 11.8 Å². The molecule has 27 heavy (non-hydrogen) atoms. The van der Waals surface area contributed by atoms with Gasteiger partial charge in [0, 0.05) is 36.3 Å². The summed E-state index contributed by atoms with van der Waals surface area (Å²) < 4.78 is 29.2. The Morgan fingerprint density at radius 2 is 2.04 bits per heavy atom. The molecule has 0 saturated heterocycles. The lowest BCUT2D eigenvalue weighted by molar-refractivity contribution is 0.400. The second kappa shape index (κ2) is 7.80. The summed E-state index contributed by atoms with van der Waals surface area (Å²) in [6.45, 7) is -0.400. The van der Waals surface area contributed by atoms with Crippen molar-refractivity contribution >= 4 is 11.3 Å². The van der Waals surface area contributed by atoms with Crippen LogP contribution in [0.4, 0.5) is 8.78 Å². The van der Waals surface area contributed by atoms with Gasteiger partial charge in [0.2, 0.25) is 5.56 Å². The molecule has 0 radical (unpaired) electrons. The lowest BCUT2D eigenvalue weighted by Gasteiger charge is -2.02. The van der Waals surface area contributed by atoms with Crippen molar-refractivity contribution in [3.05, 3.63) is 73.5 Å². The molecule has 10 heteroatoms. The van der Waals surface area contributed by atoms with Gasteiger partial charge in [-0.15, -0.1) is 11.3 Å². The molecule has 3 rings (SSSR count). The first kappa shape index (κ1) is 18.9. The van der Waals surface area contributed by atoms with Crippen LogP contribution >= 0.6 is 11.3 Å². The minimum absolute atomic E-state index is 0.0937. The van der Waals surface area contributed by atoms with Gasteiger partial charge >= 0.3 is 5.69 Å². The van der Waals surface area contributed by atoms with E-state index in [9.17, 15) is 18.4 Å². The first-order valence-electron chi connectivity index (χ1n) is 7.99. The average Bonchev–Trinajstić information content (AvgIpc) is 3.23. The van der Waals surface area contributed by atoms with Gasteiger partial charge in [-0.05, 0) is 28.6 Å². The van der Waals surface area contributed by atoms with E-state index in [-0.39, 0.29) is 30.8 Å². The van der Waals surface area contributed by atoms with E-state index >= 15 is 0 Å². The number of nitrogens with zero attached hydrogens (tertiary/aromatic N) is 4. The molecule has 0 amide bonds. The summed E-state index contributed by atoms with van der Waals surface area (Å²) >= 11 is 1.46. The van der Waals surface area contributed by atoms with Crippen LogP contribution in [0.1, 0.15) is 4.88 Å². The predicted molar refractivity (Wildman–Crippen MR) is 98.9 cm³/mol. The van der Waals surface area contributed by atoms with Gasteiger partial charge in [0.25, 0.3) is 6.08 Å². The van der Waals surface area contributed by atoms with Gasteiger partial charge in [0.05, 0.1) is 13.1 Å². The lowest BCUT2D eigenvalue weighted by Crippen LogP contribution is -2.27. The number of hydrogen-bond donors (Lipinski definition) is 1. The van der Waals surface area contributed by atoms with Gasteiger partial charge in [-0.3, -0.25) is 9.36 Å². The third kappa shape index (κ3) is 4.12. The molecule has 0 fully saturated rings. The summed E-state index contributed by atoms with van der Waals surface area (Å²) in [4.78, 5) is 24.7. The molecule has 0 atom stereocenters. The van der Waals surface area contributed by atoms with E-state index in [4.69, 9.17) is 5.73 Å². The van der Waals surface area contributed by atoms with Gasteiger partial charge in [0.1, 0.15) is 6.33 Å². The van der Waals surface area contributed by atoms with Crippen LogP contribution in [0.3, 0.4) is 0 Å². The zero-order valence-electron chi connectivity index (χ0n) is 14.4. The summed E-state index contributed by atoms with van der Waals surface area (Å²) in [5, 5.41) is 5.81. The number of thiophene rings is 1. The standard InChI is InChI=1S/C17H17F2N5O2S/c1-22-6-11(2-3-15(22)25)12-4-14(27-9-12)8-23-10-21-24(17(23)26)7-13(5-20)16(18)19/h2-4,6,9-10H,5,7-8,20H2,1H3. The fraction of sp³-hybridized carbons (Fsp3) is 0.235. The molecular weight excluding hydrogens is 376 g/mol. The molecule has 0 aliphatic rings. The van der Waals surface area contributed by atoms with E-state index in [1.54, 1.807) is 19.3 Å². The number of hydrogen-bond acceptors (Lipinski definition) is 5. The van der Waals surface area contributed by atoms with Gasteiger partial charge < -0.3 is 10.3 Å². The van der Waals surface area contributed by atoms with Crippen molar-refractivity contribution in [2.24, 2.45) is 12.8 Å². The van der Waals surface area contributed by atoms with Crippen LogP contribution in [0.25, 0.3) is 11.1 Å². The SMILES string of the molecule is Cn1cc(-c2csc(Cn3cnn(CC(CN)=C(F)F)c3=O)c2)ccc1=O. The highest BCUT2D eigenvalue weighted by molar-refractivity contribution is 7.10. The molecule has 0 bridgehead atoms. The minimum atomic E-state index is -1.89. The maximum absolute atomic E-state index is 12.7. The first-order valence-corrected chi connectivity index (χ1v) is 8.87. The number of nitrogens with two attached hydrogens (primary N) is 1. The molecule has 3 heterocycles. The van der Waals surface area contributed by atoms with Crippen LogP contribution in [0.2, 0.25) is 0 Å². The van der Waals surface area contributed by atoms with Gasteiger partial charge in [0.15, 0.2) is 0 Å². The number of pyridine rings is 1. The van der Waals surface area contributed by atoms with Crippen LogP contribution < -0.4 is 17.0 Å². The van der Waals surface area contributed by atoms with E-state index in [1.807, 2.05) is 11.4 Å². The second-order valence-electron chi connectivity index (χ2n) is 5.94. The molecule has 7 nitrogen and oxygen atoms in total. The van der Waals surface area contributed by atoms with Crippen molar-refractivity contribution in [3.63, 3.8) is 0 Å². The summed E-state index contributed by atoms with van der Waals surface area (Å²) in [6, 6.07) is 5.15. The molecule has 142 valence electrons. The van der Waals surface area contributed by atoms with Crippen LogP contribution in [0, 0.1) is 0 Å². The molecule has 0 aliphatic carbocycles. The number of aromatic nitrogens is 4. The average molecular weight is 393 g/mol. The van der Waals surface area contributed by atoms with Crippen molar-refractivity contribution in [3.8, 4) is 11.1 Å². The maximum Gasteiger partial charge on any atom is 0.346 e. The van der Waals surface area contributed by atoms with Gasteiger partial charge in [-0.2, -0.15) is 13.9 Å². The van der Waals surface area contributed by atoms with Crippen molar-refractivity contribution in [1.29, 1.82) is 0 Å². The van der Waals surface area contributed by atoms with E-state index in [0.29, 0.717) is 0 Å². The zero-order chi connectivity index (χ0) is 19.6. The van der Waals surface area contributed by atoms with Crippen LogP contribution in [0.15, 0.2) is 57.3 Å². The highest BCUT2D eigenvalue weighted by atomic mass is 32.1. The van der Waals surface area contributed by atoms with Crippen LogP contribution in [0.5, 0.6) is 0 Å². The molecule has 0 aromatic carbocycles. The molecule has 0 unspecified atom stereocenters. The van der Waals surface area contributed by atoms with Crippen LogP contribution in [-0.4, -0.2) is 25.5 Å². The summed E-state index contributed by atoms with van der Waals surface area (Å²) in [5.74, 6) is 0. The number of rotatable bonds is 6. The fourth-order valence-corrected chi connectivity index (χ4v) is 3.41. The van der Waals surface area contributed by atoms with E-state index in [0.717, 1.165) is 20.7 Å². The normalized spacial score (nSPS) is 11.0. The third-order valence-corrected chi connectivity index (χ3v) is 4.97. The predicted octanol–water partition coefficient (Wildman–Crippen LogP) is 1.63. The van der Waals surface area contributed by atoms with Crippen molar-refractivity contribution in [2.75, 3.05) is 6.54 Å². The molecule has 0 saturated carbocycles. The van der Waals surface area contributed by atoms with Gasteiger partial charge in [-0.25, -0.2) is 9.48 Å². The topological polar surface area (TPSA) is 87.8 Å². The van der Waals surface area contributed by atoms with E-state index in [1.165, 1.54) is 32.9 Å².